The number of benzene rings is 1. The number of halogens is 2. The summed E-state index contributed by atoms with van der Waals surface area (Å²) in [5.74, 6) is -2.66. The topological polar surface area (TPSA) is 113 Å². The molecule has 0 fully saturated rings. The van der Waals surface area contributed by atoms with Gasteiger partial charge in [-0.25, -0.2) is 32.2 Å². The Kier molecular flexibility index (Phi) is 6.53. The number of hydrogen-bond donors (Lipinski definition) is 2. The van der Waals surface area contributed by atoms with Crippen molar-refractivity contribution in [2.45, 2.75) is 26.3 Å². The molecule has 9 nitrogen and oxygen atoms in total. The highest BCUT2D eigenvalue weighted by Crippen LogP contribution is 2.33. The number of aromatic nitrogens is 4. The van der Waals surface area contributed by atoms with Crippen LogP contribution in [0.5, 0.6) is 0 Å². The minimum absolute atomic E-state index is 0.0413. The monoisotopic (exact) mass is 463 g/mol. The Morgan fingerprint density at radius 2 is 1.78 bits per heavy atom. The minimum Gasteiger partial charge on any atom is -0.365 e. The fraction of sp³-hybridized carbons (Fsp3) is 0.300. The molecule has 2 aromatic heterocycles. The fourth-order valence-corrected chi connectivity index (χ4v) is 3.24. The Morgan fingerprint density at radius 3 is 2.41 bits per heavy atom. The van der Waals surface area contributed by atoms with Crippen molar-refractivity contribution < 1.29 is 17.2 Å². The first-order valence-corrected chi connectivity index (χ1v) is 11.4. The molecule has 2 heterocycles. The zero-order chi connectivity index (χ0) is 23.5. The molecule has 0 unspecified atom stereocenters. The van der Waals surface area contributed by atoms with Gasteiger partial charge in [0.15, 0.2) is 5.82 Å². The number of rotatable bonds is 8. The second-order valence-corrected chi connectivity index (χ2v) is 9.20. The van der Waals surface area contributed by atoms with Gasteiger partial charge in [0.1, 0.15) is 11.6 Å². The number of para-hydroxylation sites is 1. The molecular weight excluding hydrogens is 440 g/mol. The summed E-state index contributed by atoms with van der Waals surface area (Å²) >= 11 is 0. The number of aryl methyl sites for hydroxylation is 1. The van der Waals surface area contributed by atoms with Crippen LogP contribution in [0.3, 0.4) is 0 Å². The molecule has 3 aromatic rings. The fourth-order valence-electron chi connectivity index (χ4n) is 2.77. The maximum Gasteiger partial charge on any atom is 0.275 e. The summed E-state index contributed by atoms with van der Waals surface area (Å²) < 4.78 is 53.3. The largest absolute Gasteiger partial charge is 0.365 e. The Bertz CT molecular complexity index is 1200. The van der Waals surface area contributed by atoms with E-state index < -0.39 is 21.5 Å². The average molecular weight is 464 g/mol. The molecule has 0 saturated heterocycles. The molecule has 32 heavy (non-hydrogen) atoms. The third kappa shape index (κ3) is 5.63. The van der Waals surface area contributed by atoms with E-state index in [2.05, 4.69) is 30.6 Å². The normalized spacial score (nSPS) is 11.8. The number of hydrogen-bond acceptors (Lipinski definition) is 8. The Hall–Kier alpha value is -3.41. The number of alkyl halides is 2. The predicted molar refractivity (Wildman–Crippen MR) is 119 cm³/mol. The Balaban J connectivity index is 1.93. The first-order valence-electron chi connectivity index (χ1n) is 9.53. The number of sulfonamides is 1. The lowest BCUT2D eigenvalue weighted by molar-refractivity contribution is 0.0176. The molecule has 0 aliphatic rings. The van der Waals surface area contributed by atoms with Gasteiger partial charge in [-0.1, -0.05) is 18.2 Å². The van der Waals surface area contributed by atoms with Crippen molar-refractivity contribution in [2.75, 3.05) is 28.2 Å². The number of nitrogens with one attached hydrogen (secondary N) is 2. The van der Waals surface area contributed by atoms with Gasteiger partial charge in [-0.2, -0.15) is 4.98 Å². The molecule has 0 bridgehead atoms. The number of anilines is 4. The molecule has 3 rings (SSSR count). The lowest BCUT2D eigenvalue weighted by Crippen LogP contribution is -2.28. The lowest BCUT2D eigenvalue weighted by atomic mass is 10.2. The molecule has 12 heteroatoms. The van der Waals surface area contributed by atoms with E-state index in [4.69, 9.17) is 0 Å². The van der Waals surface area contributed by atoms with Gasteiger partial charge in [0, 0.05) is 44.2 Å². The molecular formula is C20H23F2N7O2S. The van der Waals surface area contributed by atoms with E-state index >= 15 is 0 Å². The lowest BCUT2D eigenvalue weighted by Gasteiger charge is -2.20. The van der Waals surface area contributed by atoms with Crippen molar-refractivity contribution in [2.24, 2.45) is 0 Å². The van der Waals surface area contributed by atoms with Crippen molar-refractivity contribution in [3.63, 3.8) is 0 Å². The van der Waals surface area contributed by atoms with Gasteiger partial charge in [-0.15, -0.1) is 0 Å². The second-order valence-electron chi connectivity index (χ2n) is 7.19. The third-order valence-electron chi connectivity index (χ3n) is 4.50. The summed E-state index contributed by atoms with van der Waals surface area (Å²) in [5, 5.41) is 5.81. The van der Waals surface area contributed by atoms with Crippen molar-refractivity contribution in [1.29, 1.82) is 0 Å². The molecule has 1 aromatic carbocycles. The van der Waals surface area contributed by atoms with Crippen LogP contribution in [-0.2, 0) is 22.5 Å². The predicted octanol–water partition coefficient (Wildman–Crippen LogP) is 3.44. The molecule has 2 N–H and O–H groups in total. The zero-order valence-corrected chi connectivity index (χ0v) is 18.8. The van der Waals surface area contributed by atoms with Gasteiger partial charge >= 0.3 is 0 Å². The minimum atomic E-state index is -3.59. The molecule has 0 radical (unpaired) electrons. The standard InChI is InChI=1S/C20H23F2N7O2S/c1-13-23-10-14(18(26-13)29(3)32(4,30)31)11-24-17-16(20(2,21)22)12-25-19(28-17)27-15-8-6-5-7-9-15/h5-10,12H,11H2,1-4H3,(H2,24,25,27,28). The SMILES string of the molecule is Cc1ncc(CNc2nc(Nc3ccccc3)ncc2C(C)(F)F)c(N(C)S(C)(=O)=O)n1. The summed E-state index contributed by atoms with van der Waals surface area (Å²) in [6.07, 6.45) is 3.54. The van der Waals surface area contributed by atoms with Gasteiger partial charge in [0.2, 0.25) is 16.0 Å². The van der Waals surface area contributed by atoms with Crippen LogP contribution in [0.15, 0.2) is 42.7 Å². The summed E-state index contributed by atoms with van der Waals surface area (Å²) in [6, 6.07) is 9.04. The summed E-state index contributed by atoms with van der Waals surface area (Å²) in [6.45, 7) is 2.33. The molecule has 0 aliphatic carbocycles. The molecule has 0 aliphatic heterocycles. The van der Waals surface area contributed by atoms with Gasteiger partial charge in [-0.05, 0) is 19.1 Å². The smallest absolute Gasteiger partial charge is 0.275 e. The van der Waals surface area contributed by atoms with E-state index in [0.717, 1.165) is 23.7 Å². The maximum atomic E-state index is 14.2. The number of nitrogens with zero attached hydrogens (tertiary/aromatic N) is 5. The summed E-state index contributed by atoms with van der Waals surface area (Å²) in [4.78, 5) is 16.5. The van der Waals surface area contributed by atoms with Crippen molar-refractivity contribution in [1.82, 2.24) is 19.9 Å². The van der Waals surface area contributed by atoms with E-state index in [1.807, 2.05) is 18.2 Å². The van der Waals surface area contributed by atoms with Crippen LogP contribution in [0, 0.1) is 6.92 Å². The Morgan fingerprint density at radius 1 is 1.09 bits per heavy atom. The van der Waals surface area contributed by atoms with Gasteiger partial charge in [0.05, 0.1) is 11.8 Å². The quantitative estimate of drug-likeness (QED) is 0.522. The van der Waals surface area contributed by atoms with Crippen LogP contribution >= 0.6 is 0 Å². The average Bonchev–Trinajstić information content (AvgIpc) is 2.71. The van der Waals surface area contributed by atoms with Crippen LogP contribution in [0.25, 0.3) is 0 Å². The van der Waals surface area contributed by atoms with Crippen molar-refractivity contribution in [3.05, 3.63) is 59.7 Å². The summed E-state index contributed by atoms with van der Waals surface area (Å²) in [5.41, 5.74) is 0.686. The highest BCUT2D eigenvalue weighted by atomic mass is 32.2. The maximum absolute atomic E-state index is 14.2. The van der Waals surface area contributed by atoms with E-state index in [9.17, 15) is 17.2 Å². The van der Waals surface area contributed by atoms with E-state index in [1.54, 1.807) is 19.1 Å². The summed E-state index contributed by atoms with van der Waals surface area (Å²) in [7, 11) is -2.23. The van der Waals surface area contributed by atoms with Crippen LogP contribution in [0.1, 0.15) is 23.9 Å². The molecule has 170 valence electrons. The van der Waals surface area contributed by atoms with Crippen LogP contribution < -0.4 is 14.9 Å². The molecule has 0 spiro atoms. The van der Waals surface area contributed by atoms with Crippen LogP contribution in [0.4, 0.5) is 32.1 Å². The first-order chi connectivity index (χ1) is 14.9. The highest BCUT2D eigenvalue weighted by molar-refractivity contribution is 7.92. The Labute approximate surface area is 185 Å². The van der Waals surface area contributed by atoms with Crippen molar-refractivity contribution >= 4 is 33.3 Å². The molecule has 0 saturated carbocycles. The third-order valence-corrected chi connectivity index (χ3v) is 5.66. The van der Waals surface area contributed by atoms with Gasteiger partial charge in [0.25, 0.3) is 5.92 Å². The molecule has 0 amide bonds. The first kappa shape index (κ1) is 23.3. The van der Waals surface area contributed by atoms with E-state index in [-0.39, 0.29) is 24.1 Å². The van der Waals surface area contributed by atoms with Crippen molar-refractivity contribution in [3.8, 4) is 0 Å². The highest BCUT2D eigenvalue weighted by Gasteiger charge is 2.30. The molecule has 0 atom stereocenters. The van der Waals surface area contributed by atoms with Gasteiger partial charge < -0.3 is 10.6 Å². The second kappa shape index (κ2) is 8.99. The van der Waals surface area contributed by atoms with E-state index in [1.165, 1.54) is 13.2 Å². The zero-order valence-electron chi connectivity index (χ0n) is 18.0. The van der Waals surface area contributed by atoms with Crippen LogP contribution in [-0.4, -0.2) is 41.7 Å². The van der Waals surface area contributed by atoms with Crippen LogP contribution in [0.2, 0.25) is 0 Å². The van der Waals surface area contributed by atoms with Gasteiger partial charge in [-0.3, -0.25) is 4.31 Å². The van der Waals surface area contributed by atoms with E-state index in [0.29, 0.717) is 17.1 Å².